The van der Waals surface area contributed by atoms with Crippen molar-refractivity contribution < 1.29 is 22.5 Å². The Bertz CT molecular complexity index is 593. The summed E-state index contributed by atoms with van der Waals surface area (Å²) in [5.74, 6) is -2.09. The van der Waals surface area contributed by atoms with Crippen LogP contribution in [0.25, 0.3) is 11.3 Å². The second-order valence-electron chi connectivity index (χ2n) is 3.66. The lowest BCUT2D eigenvalue weighted by Gasteiger charge is -2.04. The number of hydrogen-bond acceptors (Lipinski definition) is 3. The molecule has 2 aromatic rings. The lowest BCUT2D eigenvalue weighted by Crippen LogP contribution is -2.12. The largest absolute Gasteiger partial charge is 0.453 e. The van der Waals surface area contributed by atoms with E-state index in [4.69, 9.17) is 0 Å². The molecule has 0 atom stereocenters. The zero-order chi connectivity index (χ0) is 14.0. The molecule has 1 aromatic heterocycles. The third-order valence-electron chi connectivity index (χ3n) is 2.40. The van der Waals surface area contributed by atoms with Crippen molar-refractivity contribution in [3.8, 4) is 11.3 Å². The topological polar surface area (TPSA) is 43.1 Å². The van der Waals surface area contributed by atoms with Gasteiger partial charge in [0, 0.05) is 5.56 Å². The van der Waals surface area contributed by atoms with Gasteiger partial charge in [-0.15, -0.1) is 0 Å². The Morgan fingerprint density at radius 1 is 1.26 bits per heavy atom. The van der Waals surface area contributed by atoms with Crippen molar-refractivity contribution in [2.24, 2.45) is 0 Å². The zero-order valence-electron chi connectivity index (χ0n) is 9.37. The Labute approximate surface area is 114 Å². The van der Waals surface area contributed by atoms with Crippen LogP contribution in [-0.2, 0) is 6.18 Å². The number of carbonyl (C=O) groups is 1. The summed E-state index contributed by atoms with van der Waals surface area (Å²) >= 11 is 2.86. The SMILES string of the molecule is O=C(CBr)c1c(-c2ccccc2)noc1C(F)(F)F. The first-order chi connectivity index (χ1) is 8.95. The summed E-state index contributed by atoms with van der Waals surface area (Å²) < 4.78 is 42.6. The minimum atomic E-state index is -4.76. The lowest BCUT2D eigenvalue weighted by atomic mass is 10.0. The minimum Gasteiger partial charge on any atom is -0.350 e. The van der Waals surface area contributed by atoms with Crippen LogP contribution in [0.4, 0.5) is 13.2 Å². The van der Waals surface area contributed by atoms with Crippen LogP contribution in [-0.4, -0.2) is 16.3 Å². The highest BCUT2D eigenvalue weighted by Gasteiger charge is 2.42. The van der Waals surface area contributed by atoms with Crippen molar-refractivity contribution in [3.05, 3.63) is 41.7 Å². The molecule has 0 radical (unpaired) electrons. The Balaban J connectivity index is 2.64. The monoisotopic (exact) mass is 333 g/mol. The molecule has 0 aliphatic rings. The molecule has 0 bridgehead atoms. The van der Waals surface area contributed by atoms with Crippen LogP contribution in [0, 0.1) is 0 Å². The van der Waals surface area contributed by atoms with Crippen molar-refractivity contribution >= 4 is 21.7 Å². The normalized spacial score (nSPS) is 11.6. The molecule has 0 fully saturated rings. The number of rotatable bonds is 3. The molecular weight excluding hydrogens is 327 g/mol. The van der Waals surface area contributed by atoms with E-state index in [1.165, 1.54) is 0 Å². The van der Waals surface area contributed by atoms with Gasteiger partial charge in [0.1, 0.15) is 5.69 Å². The lowest BCUT2D eigenvalue weighted by molar-refractivity contribution is -0.155. The standard InChI is InChI=1S/C12H7BrF3NO2/c13-6-8(18)9-10(7-4-2-1-3-5-7)17-19-11(9)12(14,15)16/h1-5H,6H2. The van der Waals surface area contributed by atoms with Gasteiger partial charge in [0.2, 0.25) is 0 Å². The van der Waals surface area contributed by atoms with E-state index in [9.17, 15) is 18.0 Å². The number of benzene rings is 1. The molecule has 100 valence electrons. The number of carbonyl (C=O) groups excluding carboxylic acids is 1. The Kier molecular flexibility index (Phi) is 3.75. The smallest absolute Gasteiger partial charge is 0.350 e. The first kappa shape index (κ1) is 13.8. The molecule has 7 heteroatoms. The highest BCUT2D eigenvalue weighted by atomic mass is 79.9. The summed E-state index contributed by atoms with van der Waals surface area (Å²) in [6.45, 7) is 0. The van der Waals surface area contributed by atoms with Crippen LogP contribution < -0.4 is 0 Å². The molecule has 0 N–H and O–H groups in total. The number of hydrogen-bond donors (Lipinski definition) is 0. The highest BCUT2D eigenvalue weighted by molar-refractivity contribution is 9.09. The molecule has 19 heavy (non-hydrogen) atoms. The van der Waals surface area contributed by atoms with Crippen molar-refractivity contribution in [1.29, 1.82) is 0 Å². The van der Waals surface area contributed by atoms with E-state index in [-0.39, 0.29) is 11.0 Å². The molecular formula is C12H7BrF3NO2. The van der Waals surface area contributed by atoms with Gasteiger partial charge in [0.25, 0.3) is 5.76 Å². The number of nitrogens with zero attached hydrogens (tertiary/aromatic N) is 1. The van der Waals surface area contributed by atoms with E-state index >= 15 is 0 Å². The fraction of sp³-hybridized carbons (Fsp3) is 0.167. The fourth-order valence-corrected chi connectivity index (χ4v) is 1.88. The number of ketones is 1. The van der Waals surface area contributed by atoms with Crippen molar-refractivity contribution in [1.82, 2.24) is 5.16 Å². The van der Waals surface area contributed by atoms with E-state index in [1.807, 2.05) is 0 Å². The summed E-state index contributed by atoms with van der Waals surface area (Å²) in [5, 5.41) is 3.15. The summed E-state index contributed by atoms with van der Waals surface area (Å²) in [7, 11) is 0. The summed E-state index contributed by atoms with van der Waals surface area (Å²) in [5.41, 5.74) is -0.251. The molecule has 2 rings (SSSR count). The number of aromatic nitrogens is 1. The average Bonchev–Trinajstić information content (AvgIpc) is 2.83. The summed E-state index contributed by atoms with van der Waals surface area (Å²) in [4.78, 5) is 11.7. The van der Waals surface area contributed by atoms with Gasteiger partial charge in [-0.1, -0.05) is 51.4 Å². The quantitative estimate of drug-likeness (QED) is 0.631. The molecule has 1 aromatic carbocycles. The van der Waals surface area contributed by atoms with Gasteiger partial charge in [-0.25, -0.2) is 0 Å². The number of alkyl halides is 4. The van der Waals surface area contributed by atoms with Crippen LogP contribution in [0.3, 0.4) is 0 Å². The predicted molar refractivity (Wildman–Crippen MR) is 65.1 cm³/mol. The summed E-state index contributed by atoms with van der Waals surface area (Å²) in [6, 6.07) is 8.10. The van der Waals surface area contributed by atoms with Gasteiger partial charge in [-0.2, -0.15) is 13.2 Å². The number of halogens is 4. The van der Waals surface area contributed by atoms with Crippen LogP contribution in [0.5, 0.6) is 0 Å². The Morgan fingerprint density at radius 3 is 2.42 bits per heavy atom. The van der Waals surface area contributed by atoms with Crippen LogP contribution in [0.15, 0.2) is 34.9 Å². The van der Waals surface area contributed by atoms with Gasteiger partial charge in [0.05, 0.1) is 10.9 Å². The molecule has 0 amide bonds. The van der Waals surface area contributed by atoms with Gasteiger partial charge in [0.15, 0.2) is 5.78 Å². The van der Waals surface area contributed by atoms with Gasteiger partial charge in [-0.05, 0) is 0 Å². The van der Waals surface area contributed by atoms with Gasteiger partial charge >= 0.3 is 6.18 Å². The van der Waals surface area contributed by atoms with Gasteiger partial charge in [-0.3, -0.25) is 4.79 Å². The summed E-state index contributed by atoms with van der Waals surface area (Å²) in [6.07, 6.45) is -4.76. The maximum absolute atomic E-state index is 12.8. The van der Waals surface area contributed by atoms with Crippen molar-refractivity contribution in [3.63, 3.8) is 0 Å². The number of Topliss-reactive ketones (excluding diaryl/α,β-unsaturated/α-hetero) is 1. The predicted octanol–water partition coefficient (Wildman–Crippen LogP) is 3.94. The molecule has 0 aliphatic carbocycles. The first-order valence-corrected chi connectivity index (χ1v) is 6.28. The molecule has 1 heterocycles. The van der Waals surface area contributed by atoms with Gasteiger partial charge < -0.3 is 4.52 Å². The molecule has 0 spiro atoms. The molecule has 0 unspecified atom stereocenters. The van der Waals surface area contributed by atoms with E-state index in [1.54, 1.807) is 30.3 Å². The van der Waals surface area contributed by atoms with Crippen LogP contribution >= 0.6 is 15.9 Å². The van der Waals surface area contributed by atoms with Crippen LogP contribution in [0.1, 0.15) is 16.1 Å². The zero-order valence-corrected chi connectivity index (χ0v) is 11.0. The van der Waals surface area contributed by atoms with Crippen molar-refractivity contribution in [2.75, 3.05) is 5.33 Å². The average molecular weight is 334 g/mol. The third-order valence-corrected chi connectivity index (χ3v) is 2.91. The minimum absolute atomic E-state index is 0.0997. The second kappa shape index (κ2) is 5.16. The maximum Gasteiger partial charge on any atom is 0.453 e. The Hall–Kier alpha value is -1.63. The molecule has 0 aliphatic heterocycles. The third kappa shape index (κ3) is 2.70. The van der Waals surface area contributed by atoms with E-state index in [2.05, 4.69) is 25.6 Å². The molecule has 3 nitrogen and oxygen atoms in total. The Morgan fingerprint density at radius 2 is 1.89 bits per heavy atom. The molecule has 0 saturated heterocycles. The first-order valence-electron chi connectivity index (χ1n) is 5.16. The highest BCUT2D eigenvalue weighted by Crippen LogP contribution is 2.37. The van der Waals surface area contributed by atoms with E-state index in [0.29, 0.717) is 5.56 Å². The maximum atomic E-state index is 12.8. The van der Waals surface area contributed by atoms with Crippen molar-refractivity contribution in [2.45, 2.75) is 6.18 Å². The fourth-order valence-electron chi connectivity index (χ4n) is 1.60. The van der Waals surface area contributed by atoms with E-state index in [0.717, 1.165) is 0 Å². The van der Waals surface area contributed by atoms with E-state index < -0.39 is 23.3 Å². The second-order valence-corrected chi connectivity index (χ2v) is 4.22. The van der Waals surface area contributed by atoms with Crippen LogP contribution in [0.2, 0.25) is 0 Å². The molecule has 0 saturated carbocycles.